The Balaban J connectivity index is 1.84. The highest BCUT2D eigenvalue weighted by Crippen LogP contribution is 2.11. The second kappa shape index (κ2) is 5.59. The van der Waals surface area contributed by atoms with Crippen LogP contribution in [0.5, 0.6) is 0 Å². The maximum absolute atomic E-state index is 11.8. The van der Waals surface area contributed by atoms with Crippen molar-refractivity contribution in [3.63, 3.8) is 0 Å². The van der Waals surface area contributed by atoms with E-state index >= 15 is 0 Å². The minimum Gasteiger partial charge on any atom is -0.351 e. The predicted molar refractivity (Wildman–Crippen MR) is 68.6 cm³/mol. The highest BCUT2D eigenvalue weighted by Gasteiger charge is 2.26. The van der Waals surface area contributed by atoms with E-state index in [1.54, 1.807) is 0 Å². The maximum atomic E-state index is 11.8. The molecule has 1 aromatic carbocycles. The van der Waals surface area contributed by atoms with Crippen molar-refractivity contribution in [2.75, 3.05) is 0 Å². The Morgan fingerprint density at radius 1 is 1.53 bits per heavy atom. The topological polar surface area (TPSA) is 79.2 Å². The summed E-state index contributed by atoms with van der Waals surface area (Å²) in [6, 6.07) is 7.59. The zero-order valence-electron chi connectivity index (χ0n) is 9.24. The Labute approximate surface area is 108 Å². The number of halogens is 1. The zero-order chi connectivity index (χ0) is 12.3. The summed E-state index contributed by atoms with van der Waals surface area (Å²) in [5.41, 5.74) is 12.4. The molecule has 0 aromatic heterocycles. The van der Waals surface area contributed by atoms with Crippen molar-refractivity contribution in [2.24, 2.45) is 5.73 Å². The van der Waals surface area contributed by atoms with Crippen molar-refractivity contribution in [3.05, 3.63) is 34.3 Å². The van der Waals surface area contributed by atoms with Crippen LogP contribution in [-0.4, -0.2) is 18.1 Å². The SMILES string of the molecule is NC1CC(C(=O)NCc2cccc(Br)c2)NN1. The molecule has 0 aliphatic carbocycles. The molecule has 17 heavy (non-hydrogen) atoms. The Kier molecular flexibility index (Phi) is 4.11. The first-order valence-electron chi connectivity index (χ1n) is 5.44. The predicted octanol–water partition coefficient (Wildman–Crippen LogP) is 0.217. The third-order valence-electron chi connectivity index (χ3n) is 2.60. The first-order valence-corrected chi connectivity index (χ1v) is 6.23. The molecule has 2 unspecified atom stereocenters. The van der Waals surface area contributed by atoms with Crippen LogP contribution >= 0.6 is 15.9 Å². The van der Waals surface area contributed by atoms with Crippen molar-refractivity contribution in [3.8, 4) is 0 Å². The summed E-state index contributed by atoms with van der Waals surface area (Å²) in [6.45, 7) is 0.520. The zero-order valence-corrected chi connectivity index (χ0v) is 10.8. The number of rotatable bonds is 3. The number of carbonyl (C=O) groups excluding carboxylic acids is 1. The first kappa shape index (κ1) is 12.5. The molecule has 2 atom stereocenters. The minimum atomic E-state index is -0.253. The van der Waals surface area contributed by atoms with Gasteiger partial charge in [0.2, 0.25) is 5.91 Å². The molecule has 5 N–H and O–H groups in total. The van der Waals surface area contributed by atoms with E-state index in [1.165, 1.54) is 0 Å². The van der Waals surface area contributed by atoms with E-state index in [9.17, 15) is 4.79 Å². The van der Waals surface area contributed by atoms with Crippen molar-refractivity contribution < 1.29 is 4.79 Å². The molecule has 0 saturated carbocycles. The van der Waals surface area contributed by atoms with Gasteiger partial charge in [0, 0.05) is 17.4 Å². The van der Waals surface area contributed by atoms with Gasteiger partial charge in [-0.2, -0.15) is 0 Å². The molecule has 5 nitrogen and oxygen atoms in total. The fraction of sp³-hybridized carbons (Fsp3) is 0.364. The van der Waals surface area contributed by atoms with Crippen LogP contribution in [0.25, 0.3) is 0 Å². The standard InChI is InChI=1S/C11H15BrN4O/c12-8-3-1-2-7(4-8)6-14-11(17)9-5-10(13)16-15-9/h1-4,9-10,15-16H,5-6,13H2,(H,14,17). The average Bonchev–Trinajstić information content (AvgIpc) is 2.73. The fourth-order valence-corrected chi connectivity index (χ4v) is 2.16. The molecule has 0 bridgehead atoms. The summed E-state index contributed by atoms with van der Waals surface area (Å²) in [5.74, 6) is -0.0366. The van der Waals surface area contributed by atoms with Crippen LogP contribution < -0.4 is 21.9 Å². The van der Waals surface area contributed by atoms with E-state index in [1.807, 2.05) is 24.3 Å². The lowest BCUT2D eigenvalue weighted by molar-refractivity contribution is -0.123. The van der Waals surface area contributed by atoms with E-state index in [0.29, 0.717) is 13.0 Å². The van der Waals surface area contributed by atoms with Gasteiger partial charge in [-0.05, 0) is 17.7 Å². The number of amides is 1. The Morgan fingerprint density at radius 2 is 2.35 bits per heavy atom. The van der Waals surface area contributed by atoms with Crippen LogP contribution in [-0.2, 0) is 11.3 Å². The number of benzene rings is 1. The van der Waals surface area contributed by atoms with Gasteiger partial charge >= 0.3 is 0 Å². The van der Waals surface area contributed by atoms with Crippen molar-refractivity contribution in [1.82, 2.24) is 16.2 Å². The van der Waals surface area contributed by atoms with Crippen LogP contribution in [0, 0.1) is 0 Å². The van der Waals surface area contributed by atoms with Crippen LogP contribution in [0.4, 0.5) is 0 Å². The van der Waals surface area contributed by atoms with Gasteiger partial charge in [0.15, 0.2) is 0 Å². The van der Waals surface area contributed by atoms with Gasteiger partial charge in [-0.1, -0.05) is 28.1 Å². The smallest absolute Gasteiger partial charge is 0.238 e. The summed E-state index contributed by atoms with van der Waals surface area (Å²) in [6.07, 6.45) is 0.446. The molecule has 1 aliphatic heterocycles. The highest BCUT2D eigenvalue weighted by atomic mass is 79.9. The van der Waals surface area contributed by atoms with E-state index in [4.69, 9.17) is 5.73 Å². The summed E-state index contributed by atoms with van der Waals surface area (Å²) in [5, 5.41) is 2.87. The van der Waals surface area contributed by atoms with Crippen molar-refractivity contribution in [2.45, 2.75) is 25.2 Å². The first-order chi connectivity index (χ1) is 8.15. The number of hydrogen-bond donors (Lipinski definition) is 4. The third kappa shape index (κ3) is 3.50. The number of hydrogen-bond acceptors (Lipinski definition) is 4. The Morgan fingerprint density at radius 3 is 3.00 bits per heavy atom. The van der Waals surface area contributed by atoms with Crippen molar-refractivity contribution >= 4 is 21.8 Å². The largest absolute Gasteiger partial charge is 0.351 e. The molecular formula is C11H15BrN4O. The molecule has 1 heterocycles. The summed E-state index contributed by atoms with van der Waals surface area (Å²) in [4.78, 5) is 11.8. The highest BCUT2D eigenvalue weighted by molar-refractivity contribution is 9.10. The second-order valence-electron chi connectivity index (χ2n) is 4.03. The van der Waals surface area contributed by atoms with E-state index in [0.717, 1.165) is 10.0 Å². The molecule has 1 fully saturated rings. The van der Waals surface area contributed by atoms with Crippen LogP contribution in [0.1, 0.15) is 12.0 Å². The maximum Gasteiger partial charge on any atom is 0.238 e. The lowest BCUT2D eigenvalue weighted by Gasteiger charge is -2.10. The molecule has 0 radical (unpaired) electrons. The number of hydrazine groups is 1. The van der Waals surface area contributed by atoms with Gasteiger partial charge in [-0.15, -0.1) is 0 Å². The quantitative estimate of drug-likeness (QED) is 0.644. The molecule has 6 heteroatoms. The lowest BCUT2D eigenvalue weighted by Crippen LogP contribution is -2.43. The molecular weight excluding hydrogens is 284 g/mol. The lowest BCUT2D eigenvalue weighted by atomic mass is 10.2. The van der Waals surface area contributed by atoms with Gasteiger partial charge in [0.1, 0.15) is 6.04 Å². The van der Waals surface area contributed by atoms with E-state index < -0.39 is 0 Å². The van der Waals surface area contributed by atoms with Gasteiger partial charge < -0.3 is 11.1 Å². The minimum absolute atomic E-state index is 0.0366. The van der Waals surface area contributed by atoms with Crippen LogP contribution in [0.15, 0.2) is 28.7 Å². The number of nitrogens with one attached hydrogen (secondary N) is 3. The van der Waals surface area contributed by atoms with Gasteiger partial charge in [0.05, 0.1) is 6.17 Å². The summed E-state index contributed by atoms with van der Waals surface area (Å²) in [7, 11) is 0. The van der Waals surface area contributed by atoms with Gasteiger partial charge in [0.25, 0.3) is 0 Å². The summed E-state index contributed by atoms with van der Waals surface area (Å²) >= 11 is 3.39. The van der Waals surface area contributed by atoms with Crippen LogP contribution in [0.3, 0.4) is 0 Å². The molecule has 1 aromatic rings. The average molecular weight is 299 g/mol. The van der Waals surface area contributed by atoms with Gasteiger partial charge in [-0.25, -0.2) is 10.9 Å². The van der Waals surface area contributed by atoms with Crippen LogP contribution in [0.2, 0.25) is 0 Å². The van der Waals surface area contributed by atoms with Gasteiger partial charge in [-0.3, -0.25) is 4.79 Å². The second-order valence-corrected chi connectivity index (χ2v) is 4.95. The summed E-state index contributed by atoms with van der Waals surface area (Å²) < 4.78 is 1.01. The molecule has 92 valence electrons. The number of nitrogens with two attached hydrogens (primary N) is 1. The number of carbonyl (C=O) groups is 1. The molecule has 1 amide bonds. The van der Waals surface area contributed by atoms with Crippen molar-refractivity contribution in [1.29, 1.82) is 0 Å². The monoisotopic (exact) mass is 298 g/mol. The molecule has 0 spiro atoms. The Bertz CT molecular complexity index is 412. The van der Waals surface area contributed by atoms with E-state index in [-0.39, 0.29) is 18.1 Å². The fourth-order valence-electron chi connectivity index (χ4n) is 1.71. The third-order valence-corrected chi connectivity index (χ3v) is 3.10. The van der Waals surface area contributed by atoms with E-state index in [2.05, 4.69) is 32.1 Å². The Hall–Kier alpha value is -0.950. The molecule has 1 saturated heterocycles. The molecule has 1 aliphatic rings. The normalized spacial score (nSPS) is 23.6. The molecule has 2 rings (SSSR count).